The molecule has 14 heavy (non-hydrogen) atoms. The van der Waals surface area contributed by atoms with E-state index in [1.165, 1.54) is 6.42 Å². The largest absolute Gasteiger partial charge is 0.467 e. The van der Waals surface area contributed by atoms with Gasteiger partial charge in [0.1, 0.15) is 5.76 Å². The zero-order valence-electron chi connectivity index (χ0n) is 8.19. The summed E-state index contributed by atoms with van der Waals surface area (Å²) in [5.74, 6) is 2.12. The fraction of sp³-hybridized carbons (Fsp3) is 0.500. The van der Waals surface area contributed by atoms with Gasteiger partial charge in [-0.3, -0.25) is 4.99 Å². The standard InChI is InChI=1S/C10H14N2OS/c1-8(9-4-2-6-13-9)12-10-11-5-3-7-14-10/h2,4,6,8H,3,5,7H2,1H3,(H,11,12). The molecular weight excluding hydrogens is 196 g/mol. The van der Waals surface area contributed by atoms with E-state index in [9.17, 15) is 0 Å². The van der Waals surface area contributed by atoms with Crippen molar-refractivity contribution < 1.29 is 4.42 Å². The van der Waals surface area contributed by atoms with Gasteiger partial charge in [0.15, 0.2) is 5.17 Å². The van der Waals surface area contributed by atoms with Gasteiger partial charge >= 0.3 is 0 Å². The van der Waals surface area contributed by atoms with Crippen LogP contribution in [0.3, 0.4) is 0 Å². The highest BCUT2D eigenvalue weighted by Crippen LogP contribution is 2.16. The molecule has 1 atom stereocenters. The zero-order chi connectivity index (χ0) is 9.80. The molecule has 2 heterocycles. The Bertz CT molecular complexity index is 308. The highest BCUT2D eigenvalue weighted by Gasteiger charge is 2.12. The number of nitrogens with one attached hydrogen (secondary N) is 1. The Kier molecular flexibility index (Phi) is 3.14. The van der Waals surface area contributed by atoms with E-state index < -0.39 is 0 Å². The van der Waals surface area contributed by atoms with E-state index in [1.54, 1.807) is 18.0 Å². The van der Waals surface area contributed by atoms with E-state index in [0.717, 1.165) is 23.2 Å². The molecule has 0 amide bonds. The lowest BCUT2D eigenvalue weighted by Gasteiger charge is -2.17. The number of amidine groups is 1. The maximum absolute atomic E-state index is 5.31. The van der Waals surface area contributed by atoms with Crippen molar-refractivity contribution in [3.8, 4) is 0 Å². The SMILES string of the molecule is CC(NC1=NCCCS1)c1ccco1. The summed E-state index contributed by atoms with van der Waals surface area (Å²) in [7, 11) is 0. The molecule has 3 nitrogen and oxygen atoms in total. The summed E-state index contributed by atoms with van der Waals surface area (Å²) in [6.45, 7) is 3.02. The molecule has 0 saturated carbocycles. The number of hydrogen-bond donors (Lipinski definition) is 1. The average molecular weight is 210 g/mol. The normalized spacial score (nSPS) is 18.8. The molecule has 4 heteroatoms. The second kappa shape index (κ2) is 4.55. The topological polar surface area (TPSA) is 37.5 Å². The van der Waals surface area contributed by atoms with Crippen molar-refractivity contribution in [2.45, 2.75) is 19.4 Å². The Morgan fingerprint density at radius 2 is 2.57 bits per heavy atom. The van der Waals surface area contributed by atoms with Gasteiger partial charge in [0.2, 0.25) is 0 Å². The van der Waals surface area contributed by atoms with Crippen molar-refractivity contribution >= 4 is 16.9 Å². The van der Waals surface area contributed by atoms with E-state index in [4.69, 9.17) is 4.42 Å². The van der Waals surface area contributed by atoms with Crippen LogP contribution in [0.1, 0.15) is 25.1 Å². The molecule has 1 aliphatic heterocycles. The molecule has 0 saturated heterocycles. The molecule has 0 aromatic carbocycles. The van der Waals surface area contributed by atoms with Gasteiger partial charge in [-0.25, -0.2) is 0 Å². The fourth-order valence-corrected chi connectivity index (χ4v) is 2.25. The summed E-state index contributed by atoms with van der Waals surface area (Å²) in [4.78, 5) is 4.41. The lowest BCUT2D eigenvalue weighted by Crippen LogP contribution is -2.26. The van der Waals surface area contributed by atoms with Crippen LogP contribution in [-0.4, -0.2) is 17.5 Å². The molecule has 1 unspecified atom stereocenters. The third-order valence-corrected chi connectivity index (χ3v) is 3.12. The van der Waals surface area contributed by atoms with Crippen LogP contribution in [-0.2, 0) is 0 Å². The smallest absolute Gasteiger partial charge is 0.157 e. The zero-order valence-corrected chi connectivity index (χ0v) is 9.01. The fourth-order valence-electron chi connectivity index (χ4n) is 1.34. The van der Waals surface area contributed by atoms with E-state index in [2.05, 4.69) is 17.2 Å². The predicted molar refractivity (Wildman–Crippen MR) is 59.6 cm³/mol. The summed E-state index contributed by atoms with van der Waals surface area (Å²) in [6, 6.07) is 4.09. The first-order valence-corrected chi connectivity index (χ1v) is 5.82. The molecule has 1 aromatic heterocycles. The molecule has 0 aliphatic carbocycles. The summed E-state index contributed by atoms with van der Waals surface area (Å²) in [5, 5.41) is 4.38. The lowest BCUT2D eigenvalue weighted by molar-refractivity contribution is 0.464. The van der Waals surface area contributed by atoms with Gasteiger partial charge < -0.3 is 9.73 Å². The van der Waals surface area contributed by atoms with Gasteiger partial charge in [-0.05, 0) is 25.5 Å². The maximum Gasteiger partial charge on any atom is 0.157 e. The van der Waals surface area contributed by atoms with E-state index in [1.807, 2.05) is 12.1 Å². The van der Waals surface area contributed by atoms with Crippen LogP contribution in [0.4, 0.5) is 0 Å². The number of aliphatic imine (C=N–C) groups is 1. The Balaban J connectivity index is 1.94. The van der Waals surface area contributed by atoms with Crippen LogP contribution in [0.2, 0.25) is 0 Å². The number of hydrogen-bond acceptors (Lipinski definition) is 4. The molecule has 0 fully saturated rings. The van der Waals surface area contributed by atoms with Crippen LogP contribution in [0.15, 0.2) is 27.8 Å². The number of nitrogens with zero attached hydrogens (tertiary/aromatic N) is 1. The first-order valence-electron chi connectivity index (χ1n) is 4.83. The minimum atomic E-state index is 0.203. The van der Waals surface area contributed by atoms with Gasteiger partial charge in [0.25, 0.3) is 0 Å². The molecule has 0 radical (unpaired) electrons. The first kappa shape index (κ1) is 9.65. The second-order valence-corrected chi connectivity index (χ2v) is 4.35. The van der Waals surface area contributed by atoms with E-state index in [-0.39, 0.29) is 6.04 Å². The van der Waals surface area contributed by atoms with Crippen LogP contribution >= 0.6 is 11.8 Å². The third kappa shape index (κ3) is 2.32. The Morgan fingerprint density at radius 3 is 3.21 bits per heavy atom. The number of thioether (sulfide) groups is 1. The number of rotatable bonds is 2. The van der Waals surface area contributed by atoms with Crippen LogP contribution in [0.5, 0.6) is 0 Å². The predicted octanol–water partition coefficient (Wildman–Crippen LogP) is 2.42. The summed E-state index contributed by atoms with van der Waals surface area (Å²) in [6.07, 6.45) is 2.88. The third-order valence-electron chi connectivity index (χ3n) is 2.11. The minimum Gasteiger partial charge on any atom is -0.467 e. The van der Waals surface area contributed by atoms with Crippen molar-refractivity contribution in [3.63, 3.8) is 0 Å². The summed E-state index contributed by atoms with van der Waals surface area (Å²) < 4.78 is 5.31. The van der Waals surface area contributed by atoms with Crippen molar-refractivity contribution in [1.29, 1.82) is 0 Å². The second-order valence-electron chi connectivity index (χ2n) is 3.27. The van der Waals surface area contributed by atoms with Gasteiger partial charge in [-0.1, -0.05) is 11.8 Å². The molecular formula is C10H14N2OS. The monoisotopic (exact) mass is 210 g/mol. The summed E-state index contributed by atoms with van der Waals surface area (Å²) >= 11 is 1.79. The van der Waals surface area contributed by atoms with Gasteiger partial charge in [-0.2, -0.15) is 0 Å². The van der Waals surface area contributed by atoms with Crippen molar-refractivity contribution in [1.82, 2.24) is 5.32 Å². The molecule has 2 rings (SSSR count). The van der Waals surface area contributed by atoms with E-state index >= 15 is 0 Å². The Morgan fingerprint density at radius 1 is 1.64 bits per heavy atom. The summed E-state index contributed by atoms with van der Waals surface area (Å²) in [5.41, 5.74) is 0. The van der Waals surface area contributed by atoms with Gasteiger partial charge in [-0.15, -0.1) is 0 Å². The van der Waals surface area contributed by atoms with E-state index in [0.29, 0.717) is 0 Å². The van der Waals surface area contributed by atoms with Gasteiger partial charge in [0, 0.05) is 12.3 Å². The van der Waals surface area contributed by atoms with Crippen molar-refractivity contribution in [3.05, 3.63) is 24.2 Å². The molecule has 1 aliphatic rings. The van der Waals surface area contributed by atoms with Crippen LogP contribution in [0, 0.1) is 0 Å². The van der Waals surface area contributed by atoms with Gasteiger partial charge in [0.05, 0.1) is 12.3 Å². The molecule has 0 bridgehead atoms. The Hall–Kier alpha value is -0.900. The Labute approximate surface area is 88.0 Å². The molecule has 1 N–H and O–H groups in total. The average Bonchev–Trinajstić information content (AvgIpc) is 2.72. The van der Waals surface area contributed by atoms with Crippen molar-refractivity contribution in [2.24, 2.45) is 4.99 Å². The maximum atomic E-state index is 5.31. The molecule has 0 spiro atoms. The molecule has 1 aromatic rings. The van der Waals surface area contributed by atoms with Crippen LogP contribution < -0.4 is 5.32 Å². The number of furan rings is 1. The quantitative estimate of drug-likeness (QED) is 0.814. The highest BCUT2D eigenvalue weighted by atomic mass is 32.2. The minimum absolute atomic E-state index is 0.203. The van der Waals surface area contributed by atoms with Crippen molar-refractivity contribution in [2.75, 3.05) is 12.3 Å². The van der Waals surface area contributed by atoms with Crippen LogP contribution in [0.25, 0.3) is 0 Å². The highest BCUT2D eigenvalue weighted by molar-refractivity contribution is 8.13. The molecule has 76 valence electrons. The first-order chi connectivity index (χ1) is 6.86. The lowest BCUT2D eigenvalue weighted by atomic mass is 10.3.